The third kappa shape index (κ3) is 3.43. The number of hydrogen-bond acceptors (Lipinski definition) is 5. The summed E-state index contributed by atoms with van der Waals surface area (Å²) in [6.45, 7) is 1.81. The fourth-order valence-electron chi connectivity index (χ4n) is 1.77. The van der Waals surface area contributed by atoms with Gasteiger partial charge in [0.2, 0.25) is 0 Å². The maximum absolute atomic E-state index is 12.3. The highest BCUT2D eigenvalue weighted by atomic mass is 32.2. The van der Waals surface area contributed by atoms with Crippen molar-refractivity contribution >= 4 is 21.5 Å². The van der Waals surface area contributed by atoms with Crippen LogP contribution in [-0.2, 0) is 10.0 Å². The molecule has 0 spiro atoms. The van der Waals surface area contributed by atoms with Crippen LogP contribution >= 0.6 is 0 Å². The molecule has 2 N–H and O–H groups in total. The molecule has 0 atom stereocenters. The average Bonchev–Trinajstić information content (AvgIpc) is 2.49. The molecule has 0 saturated heterocycles. The number of ether oxygens (including phenoxy) is 1. The van der Waals surface area contributed by atoms with Crippen molar-refractivity contribution < 1.29 is 13.2 Å². The lowest BCUT2D eigenvalue weighted by Crippen LogP contribution is -2.14. The molecule has 0 radical (unpaired) electrons. The maximum atomic E-state index is 12.3. The predicted octanol–water partition coefficient (Wildman–Crippen LogP) is 2.24. The summed E-state index contributed by atoms with van der Waals surface area (Å²) in [7, 11) is -0.381. The lowest BCUT2D eigenvalue weighted by atomic mass is 10.2. The van der Waals surface area contributed by atoms with E-state index in [2.05, 4.69) is 15.0 Å². The summed E-state index contributed by atoms with van der Waals surface area (Å²) in [5.41, 5.74) is 1.28. The number of anilines is 2. The molecule has 2 aromatic rings. The fraction of sp³-hybridized carbons (Fsp3) is 0.214. The number of benzene rings is 1. The largest absolute Gasteiger partial charge is 0.497 e. The minimum Gasteiger partial charge on any atom is -0.497 e. The SMILES string of the molecule is CNc1ccc(S(=O)(=O)Nc2ccc(OC)cc2C)cn1. The smallest absolute Gasteiger partial charge is 0.263 e. The van der Waals surface area contributed by atoms with Crippen LogP contribution in [0.25, 0.3) is 0 Å². The Kier molecular flexibility index (Phi) is 4.32. The van der Waals surface area contributed by atoms with E-state index >= 15 is 0 Å². The van der Waals surface area contributed by atoms with Crippen molar-refractivity contribution in [2.45, 2.75) is 11.8 Å². The van der Waals surface area contributed by atoms with Crippen molar-refractivity contribution in [3.8, 4) is 5.75 Å². The van der Waals surface area contributed by atoms with Crippen molar-refractivity contribution in [1.29, 1.82) is 0 Å². The van der Waals surface area contributed by atoms with E-state index in [0.717, 1.165) is 5.56 Å². The number of sulfonamides is 1. The summed E-state index contributed by atoms with van der Waals surface area (Å²) in [5.74, 6) is 1.28. The second-order valence-electron chi connectivity index (χ2n) is 4.42. The molecule has 0 unspecified atom stereocenters. The van der Waals surface area contributed by atoms with Crippen molar-refractivity contribution in [1.82, 2.24) is 4.98 Å². The first kappa shape index (κ1) is 15.1. The number of aromatic nitrogens is 1. The van der Waals surface area contributed by atoms with E-state index in [9.17, 15) is 8.42 Å². The zero-order valence-corrected chi connectivity index (χ0v) is 12.9. The van der Waals surface area contributed by atoms with Crippen molar-refractivity contribution in [3.05, 3.63) is 42.1 Å². The first-order valence-corrected chi connectivity index (χ1v) is 7.76. The number of hydrogen-bond donors (Lipinski definition) is 2. The predicted molar refractivity (Wildman–Crippen MR) is 82.3 cm³/mol. The van der Waals surface area contributed by atoms with Gasteiger partial charge in [-0.15, -0.1) is 0 Å². The molecule has 0 aliphatic rings. The zero-order valence-electron chi connectivity index (χ0n) is 12.0. The van der Waals surface area contributed by atoms with Gasteiger partial charge in [-0.1, -0.05) is 0 Å². The Morgan fingerprint density at radius 1 is 1.19 bits per heavy atom. The van der Waals surface area contributed by atoms with Gasteiger partial charge in [0.05, 0.1) is 12.8 Å². The molecule has 112 valence electrons. The second kappa shape index (κ2) is 6.01. The van der Waals surface area contributed by atoms with Gasteiger partial charge >= 0.3 is 0 Å². The molecule has 2 rings (SSSR count). The number of methoxy groups -OCH3 is 1. The molecular weight excluding hydrogens is 290 g/mol. The molecule has 21 heavy (non-hydrogen) atoms. The molecule has 6 nitrogen and oxygen atoms in total. The Bertz CT molecular complexity index is 728. The average molecular weight is 307 g/mol. The van der Waals surface area contributed by atoms with Crippen LogP contribution in [0.1, 0.15) is 5.56 Å². The molecule has 0 aliphatic heterocycles. The van der Waals surface area contributed by atoms with Crippen molar-refractivity contribution in [2.75, 3.05) is 24.2 Å². The molecule has 1 heterocycles. The van der Waals surface area contributed by atoms with E-state index in [1.165, 1.54) is 12.3 Å². The quantitative estimate of drug-likeness (QED) is 0.885. The lowest BCUT2D eigenvalue weighted by molar-refractivity contribution is 0.414. The molecule has 1 aromatic carbocycles. The van der Waals surface area contributed by atoms with E-state index in [-0.39, 0.29) is 4.90 Å². The van der Waals surface area contributed by atoms with Gasteiger partial charge in [-0.25, -0.2) is 13.4 Å². The van der Waals surface area contributed by atoms with Gasteiger partial charge in [-0.2, -0.15) is 0 Å². The van der Waals surface area contributed by atoms with Gasteiger partial charge < -0.3 is 10.1 Å². The Balaban J connectivity index is 2.28. The number of nitrogens with one attached hydrogen (secondary N) is 2. The molecule has 0 saturated carbocycles. The van der Waals surface area contributed by atoms with Crippen LogP contribution in [-0.4, -0.2) is 27.6 Å². The van der Waals surface area contributed by atoms with Crippen LogP contribution in [0.5, 0.6) is 5.75 Å². The van der Waals surface area contributed by atoms with Crippen molar-refractivity contribution in [2.24, 2.45) is 0 Å². The monoisotopic (exact) mass is 307 g/mol. The number of rotatable bonds is 5. The Morgan fingerprint density at radius 2 is 1.95 bits per heavy atom. The summed E-state index contributed by atoms with van der Waals surface area (Å²) < 4.78 is 32.3. The molecule has 0 fully saturated rings. The van der Waals surface area contributed by atoms with E-state index in [4.69, 9.17) is 4.74 Å². The van der Waals surface area contributed by atoms with Crippen LogP contribution in [0.4, 0.5) is 11.5 Å². The molecule has 0 amide bonds. The standard InChI is InChI=1S/C14H17N3O3S/c1-10-8-11(20-3)4-6-13(10)17-21(18,19)12-5-7-14(15-2)16-9-12/h4-9,17H,1-3H3,(H,15,16). The molecule has 7 heteroatoms. The third-order valence-electron chi connectivity index (χ3n) is 2.98. The first-order chi connectivity index (χ1) is 9.96. The van der Waals surface area contributed by atoms with Crippen molar-refractivity contribution in [3.63, 3.8) is 0 Å². The molecule has 0 aliphatic carbocycles. The van der Waals surface area contributed by atoms with E-state index < -0.39 is 10.0 Å². The Labute approximate surface area is 124 Å². The van der Waals surface area contributed by atoms with E-state index in [0.29, 0.717) is 17.3 Å². The van der Waals surface area contributed by atoms with E-state index in [1.54, 1.807) is 38.4 Å². The second-order valence-corrected chi connectivity index (χ2v) is 6.10. The zero-order chi connectivity index (χ0) is 15.5. The summed E-state index contributed by atoms with van der Waals surface area (Å²) in [6, 6.07) is 8.24. The third-order valence-corrected chi connectivity index (χ3v) is 4.33. The van der Waals surface area contributed by atoms with Gasteiger partial charge in [0.1, 0.15) is 16.5 Å². The van der Waals surface area contributed by atoms with Gasteiger partial charge in [0.15, 0.2) is 0 Å². The van der Waals surface area contributed by atoms with Crippen LogP contribution in [0, 0.1) is 6.92 Å². The number of pyridine rings is 1. The molecular formula is C14H17N3O3S. The molecule has 1 aromatic heterocycles. The highest BCUT2D eigenvalue weighted by molar-refractivity contribution is 7.92. The van der Waals surface area contributed by atoms with Crippen LogP contribution < -0.4 is 14.8 Å². The lowest BCUT2D eigenvalue weighted by Gasteiger charge is -2.11. The van der Waals surface area contributed by atoms with Gasteiger partial charge in [0.25, 0.3) is 10.0 Å². The Morgan fingerprint density at radius 3 is 2.48 bits per heavy atom. The van der Waals surface area contributed by atoms with Gasteiger partial charge in [0, 0.05) is 13.2 Å². The fourth-order valence-corrected chi connectivity index (χ4v) is 2.84. The minimum absolute atomic E-state index is 0.108. The summed E-state index contributed by atoms with van der Waals surface area (Å²) in [6.07, 6.45) is 1.31. The maximum Gasteiger partial charge on any atom is 0.263 e. The van der Waals surface area contributed by atoms with Crippen LogP contribution in [0.3, 0.4) is 0 Å². The normalized spacial score (nSPS) is 11.0. The highest BCUT2D eigenvalue weighted by Gasteiger charge is 2.16. The topological polar surface area (TPSA) is 80.3 Å². The summed E-state index contributed by atoms with van der Waals surface area (Å²) in [4.78, 5) is 4.11. The Hall–Kier alpha value is -2.28. The highest BCUT2D eigenvalue weighted by Crippen LogP contribution is 2.23. The van der Waals surface area contributed by atoms with Gasteiger partial charge in [-0.05, 0) is 42.8 Å². The summed E-state index contributed by atoms with van der Waals surface area (Å²) >= 11 is 0. The molecule has 0 bridgehead atoms. The number of aryl methyl sites for hydroxylation is 1. The summed E-state index contributed by atoms with van der Waals surface area (Å²) in [5, 5.41) is 2.84. The van der Waals surface area contributed by atoms with Gasteiger partial charge in [-0.3, -0.25) is 4.72 Å². The van der Waals surface area contributed by atoms with E-state index in [1.807, 2.05) is 6.92 Å². The first-order valence-electron chi connectivity index (χ1n) is 6.27. The minimum atomic E-state index is -3.66. The van der Waals surface area contributed by atoms with Crippen LogP contribution in [0.15, 0.2) is 41.4 Å². The van der Waals surface area contributed by atoms with Crippen LogP contribution in [0.2, 0.25) is 0 Å². The number of nitrogens with zero attached hydrogens (tertiary/aromatic N) is 1.